The molecule has 0 fully saturated rings. The van der Waals surface area contributed by atoms with Crippen LogP contribution in [0.3, 0.4) is 0 Å². The Balaban J connectivity index is 1.73. The van der Waals surface area contributed by atoms with Crippen LogP contribution in [0.25, 0.3) is 11.0 Å². The maximum atomic E-state index is 12.2. The molecule has 2 N–H and O–H groups in total. The number of amides is 1. The molecular formula is C20H26ClN2O4+. The first-order valence-electron chi connectivity index (χ1n) is 9.38. The molecule has 1 aliphatic rings. The number of ether oxygens (including phenoxy) is 1. The van der Waals surface area contributed by atoms with Gasteiger partial charge in [-0.25, -0.2) is 4.79 Å². The van der Waals surface area contributed by atoms with Crippen LogP contribution in [0.15, 0.2) is 21.3 Å². The molecule has 3 rings (SSSR count). The van der Waals surface area contributed by atoms with Crippen LogP contribution in [0.5, 0.6) is 5.75 Å². The molecule has 0 spiro atoms. The monoisotopic (exact) mass is 393 g/mol. The lowest BCUT2D eigenvalue weighted by Gasteiger charge is -2.16. The molecule has 0 aliphatic heterocycles. The van der Waals surface area contributed by atoms with Gasteiger partial charge in [0.05, 0.1) is 25.7 Å². The SMILES string of the molecule is C[C@H](Oc1cc2oc(=O)c3c(c2cc1Cl)CCC3)C(=O)NCCC[NH+](C)C. The second-order valence-electron chi connectivity index (χ2n) is 7.34. The van der Waals surface area contributed by atoms with Crippen molar-refractivity contribution in [2.45, 2.75) is 38.7 Å². The van der Waals surface area contributed by atoms with Gasteiger partial charge in [-0.05, 0) is 37.8 Å². The highest BCUT2D eigenvalue weighted by molar-refractivity contribution is 6.32. The number of quaternary nitrogens is 1. The van der Waals surface area contributed by atoms with Crippen LogP contribution in [0.4, 0.5) is 0 Å². The van der Waals surface area contributed by atoms with Gasteiger partial charge >= 0.3 is 5.63 Å². The smallest absolute Gasteiger partial charge is 0.339 e. The van der Waals surface area contributed by atoms with Gasteiger partial charge in [0, 0.05) is 30.0 Å². The summed E-state index contributed by atoms with van der Waals surface area (Å²) in [4.78, 5) is 25.7. The van der Waals surface area contributed by atoms with Crippen LogP contribution in [0.1, 0.15) is 30.9 Å². The van der Waals surface area contributed by atoms with Gasteiger partial charge in [0.1, 0.15) is 11.3 Å². The number of hydrogen-bond donors (Lipinski definition) is 2. The number of aryl methyl sites for hydroxylation is 1. The molecule has 1 amide bonds. The molecule has 7 heteroatoms. The largest absolute Gasteiger partial charge is 0.479 e. The standard InChI is InChI=1S/C20H25ClN2O4/c1-12(19(24)22-8-5-9-23(2)3)26-18-11-17-15(10-16(18)21)13-6-4-7-14(13)20(25)27-17/h10-12H,4-9H2,1-3H3,(H,22,24)/p+1/t12-/m0/s1. The van der Waals surface area contributed by atoms with E-state index in [2.05, 4.69) is 19.4 Å². The molecule has 0 bridgehead atoms. The molecule has 1 aromatic carbocycles. The molecule has 0 saturated heterocycles. The van der Waals surface area contributed by atoms with Crippen LogP contribution >= 0.6 is 11.6 Å². The maximum absolute atomic E-state index is 12.2. The van der Waals surface area contributed by atoms with Gasteiger partial charge in [0.2, 0.25) is 0 Å². The molecule has 27 heavy (non-hydrogen) atoms. The van der Waals surface area contributed by atoms with Crippen molar-refractivity contribution in [3.8, 4) is 5.75 Å². The molecule has 0 saturated carbocycles. The average molecular weight is 394 g/mol. The van der Waals surface area contributed by atoms with Crippen molar-refractivity contribution in [1.82, 2.24) is 5.32 Å². The number of carbonyl (C=O) groups is 1. The molecule has 1 atom stereocenters. The number of rotatable bonds is 7. The van der Waals surface area contributed by atoms with E-state index in [1.807, 2.05) is 0 Å². The molecule has 1 heterocycles. The topological polar surface area (TPSA) is 73.0 Å². The van der Waals surface area contributed by atoms with Crippen molar-refractivity contribution < 1.29 is 18.8 Å². The summed E-state index contributed by atoms with van der Waals surface area (Å²) < 4.78 is 11.2. The van der Waals surface area contributed by atoms with Crippen molar-refractivity contribution in [3.63, 3.8) is 0 Å². The van der Waals surface area contributed by atoms with Gasteiger partial charge < -0.3 is 19.4 Å². The third-order valence-electron chi connectivity index (χ3n) is 4.85. The summed E-state index contributed by atoms with van der Waals surface area (Å²) in [5.74, 6) is 0.140. The Hall–Kier alpha value is -2.05. The second-order valence-corrected chi connectivity index (χ2v) is 7.75. The van der Waals surface area contributed by atoms with Crippen molar-refractivity contribution in [3.05, 3.63) is 38.7 Å². The Labute approximate surface area is 163 Å². The predicted octanol–water partition coefficient (Wildman–Crippen LogP) is 1.35. The zero-order valence-corrected chi connectivity index (χ0v) is 16.7. The normalized spacial score (nSPS) is 14.4. The lowest BCUT2D eigenvalue weighted by molar-refractivity contribution is -0.858. The number of carbonyl (C=O) groups excluding carboxylic acids is 1. The highest BCUT2D eigenvalue weighted by Crippen LogP contribution is 2.35. The van der Waals surface area contributed by atoms with Gasteiger partial charge in [-0.3, -0.25) is 4.79 Å². The van der Waals surface area contributed by atoms with Crippen molar-refractivity contribution in [2.24, 2.45) is 0 Å². The zero-order chi connectivity index (χ0) is 19.6. The van der Waals surface area contributed by atoms with Crippen molar-refractivity contribution in [1.29, 1.82) is 0 Å². The van der Waals surface area contributed by atoms with E-state index in [1.54, 1.807) is 19.1 Å². The Morgan fingerprint density at radius 2 is 2.07 bits per heavy atom. The van der Waals surface area contributed by atoms with Gasteiger partial charge in [-0.1, -0.05) is 11.6 Å². The highest BCUT2D eigenvalue weighted by Gasteiger charge is 2.22. The molecule has 6 nitrogen and oxygen atoms in total. The molecule has 2 aromatic rings. The Morgan fingerprint density at radius 3 is 2.81 bits per heavy atom. The summed E-state index contributed by atoms with van der Waals surface area (Å²) in [5.41, 5.74) is 1.92. The van der Waals surface area contributed by atoms with Gasteiger partial charge in [0.15, 0.2) is 6.10 Å². The van der Waals surface area contributed by atoms with Crippen LogP contribution in [-0.4, -0.2) is 39.2 Å². The average Bonchev–Trinajstić information content (AvgIpc) is 3.10. The van der Waals surface area contributed by atoms with Gasteiger partial charge in [-0.2, -0.15) is 0 Å². The molecule has 146 valence electrons. The van der Waals surface area contributed by atoms with E-state index in [0.29, 0.717) is 22.9 Å². The number of fused-ring (bicyclic) bond motifs is 3. The third kappa shape index (κ3) is 4.45. The fourth-order valence-corrected chi connectivity index (χ4v) is 3.62. The molecule has 1 aromatic heterocycles. The minimum Gasteiger partial charge on any atom is -0.479 e. The first kappa shape index (κ1) is 19.7. The maximum Gasteiger partial charge on any atom is 0.339 e. The zero-order valence-electron chi connectivity index (χ0n) is 16.0. The number of hydrogen-bond acceptors (Lipinski definition) is 4. The summed E-state index contributed by atoms with van der Waals surface area (Å²) in [7, 11) is 4.14. The lowest BCUT2D eigenvalue weighted by atomic mass is 10.1. The van der Waals surface area contributed by atoms with Crippen molar-refractivity contribution in [2.75, 3.05) is 27.2 Å². The lowest BCUT2D eigenvalue weighted by Crippen LogP contribution is -3.05. The first-order chi connectivity index (χ1) is 12.9. The summed E-state index contributed by atoms with van der Waals surface area (Å²) in [6.07, 6.45) is 2.74. The summed E-state index contributed by atoms with van der Waals surface area (Å²) in [6.45, 7) is 3.26. The molecule has 0 radical (unpaired) electrons. The van der Waals surface area contributed by atoms with Crippen LogP contribution in [0.2, 0.25) is 5.02 Å². The summed E-state index contributed by atoms with van der Waals surface area (Å²) in [6, 6.07) is 3.38. The van der Waals surface area contributed by atoms with E-state index in [4.69, 9.17) is 20.8 Å². The fourth-order valence-electron chi connectivity index (χ4n) is 3.41. The van der Waals surface area contributed by atoms with Crippen LogP contribution < -0.4 is 20.6 Å². The van der Waals surface area contributed by atoms with Crippen LogP contribution in [0, 0.1) is 0 Å². The van der Waals surface area contributed by atoms with Gasteiger partial charge in [0.25, 0.3) is 5.91 Å². The fraction of sp³-hybridized carbons (Fsp3) is 0.500. The molecule has 1 aliphatic carbocycles. The Bertz CT molecular complexity index is 907. The van der Waals surface area contributed by atoms with Gasteiger partial charge in [-0.15, -0.1) is 0 Å². The van der Waals surface area contributed by atoms with E-state index < -0.39 is 6.10 Å². The highest BCUT2D eigenvalue weighted by atomic mass is 35.5. The van der Waals surface area contributed by atoms with Crippen molar-refractivity contribution >= 4 is 28.5 Å². The predicted molar refractivity (Wildman–Crippen MR) is 105 cm³/mol. The summed E-state index contributed by atoms with van der Waals surface area (Å²) >= 11 is 6.38. The third-order valence-corrected chi connectivity index (χ3v) is 5.15. The molecular weight excluding hydrogens is 368 g/mol. The number of halogens is 1. The number of nitrogens with one attached hydrogen (secondary N) is 2. The molecule has 0 unspecified atom stereocenters. The Morgan fingerprint density at radius 1 is 1.33 bits per heavy atom. The minimum atomic E-state index is -0.701. The minimum absolute atomic E-state index is 0.199. The van der Waals surface area contributed by atoms with E-state index in [-0.39, 0.29) is 11.5 Å². The van der Waals surface area contributed by atoms with E-state index in [0.717, 1.165) is 48.7 Å². The van der Waals surface area contributed by atoms with E-state index in [1.165, 1.54) is 4.90 Å². The Kier molecular flexibility index (Phi) is 6.07. The number of benzene rings is 1. The second kappa shape index (κ2) is 8.31. The quantitative estimate of drug-likeness (QED) is 0.550. The van der Waals surface area contributed by atoms with E-state index >= 15 is 0 Å². The summed E-state index contributed by atoms with van der Waals surface area (Å²) in [5, 5.41) is 4.12. The van der Waals surface area contributed by atoms with E-state index in [9.17, 15) is 9.59 Å². The van der Waals surface area contributed by atoms with Crippen LogP contribution in [-0.2, 0) is 17.6 Å². The first-order valence-corrected chi connectivity index (χ1v) is 9.76.